The van der Waals surface area contributed by atoms with Crippen LogP contribution in [0.15, 0.2) is 48.5 Å². The summed E-state index contributed by atoms with van der Waals surface area (Å²) < 4.78 is 5.56. The molecule has 6 heteroatoms. The molecule has 1 saturated carbocycles. The quantitative estimate of drug-likeness (QED) is 0.328. The fourth-order valence-corrected chi connectivity index (χ4v) is 3.03. The predicted molar refractivity (Wildman–Crippen MR) is 110 cm³/mol. The number of rotatable bonds is 6. The summed E-state index contributed by atoms with van der Waals surface area (Å²) in [6, 6.07) is 14.6. The Hall–Kier alpha value is -2.57. The van der Waals surface area contributed by atoms with Crippen LogP contribution in [0.1, 0.15) is 55.5 Å². The molecule has 0 spiro atoms. The Morgan fingerprint density at radius 2 is 1.50 bits per heavy atom. The van der Waals surface area contributed by atoms with Crippen molar-refractivity contribution in [3.8, 4) is 0 Å². The van der Waals surface area contributed by atoms with E-state index in [4.69, 9.17) is 26.0 Å². The van der Waals surface area contributed by atoms with Gasteiger partial charge in [-0.3, -0.25) is 0 Å². The number of anilines is 2. The van der Waals surface area contributed by atoms with E-state index in [1.165, 1.54) is 0 Å². The first kappa shape index (κ1) is 21.7. The number of hydrogen-bond donors (Lipinski definition) is 2. The van der Waals surface area contributed by atoms with E-state index in [0.29, 0.717) is 23.5 Å². The number of carbonyl (C=O) groups excluding carboxylic acids is 1. The topological polar surface area (TPSA) is 96.8 Å². The molecule has 6 nitrogen and oxygen atoms in total. The lowest BCUT2D eigenvalue weighted by molar-refractivity contribution is -0.338. The van der Waals surface area contributed by atoms with Gasteiger partial charge < -0.3 is 16.2 Å². The third-order valence-corrected chi connectivity index (χ3v) is 4.38. The van der Waals surface area contributed by atoms with Gasteiger partial charge in [-0.25, -0.2) is 14.6 Å². The van der Waals surface area contributed by atoms with Gasteiger partial charge in [-0.2, -0.15) is 0 Å². The molecule has 4 N–H and O–H groups in total. The van der Waals surface area contributed by atoms with Crippen LogP contribution in [0.25, 0.3) is 0 Å². The highest BCUT2D eigenvalue weighted by molar-refractivity contribution is 5.91. The predicted octanol–water partition coefficient (Wildman–Crippen LogP) is 4.49. The summed E-state index contributed by atoms with van der Waals surface area (Å²) in [6.07, 6.45) is 2.94. The molecule has 0 unspecified atom stereocenters. The molecule has 152 valence electrons. The first-order valence-corrected chi connectivity index (χ1v) is 9.79. The zero-order chi connectivity index (χ0) is 20.4. The van der Waals surface area contributed by atoms with Crippen molar-refractivity contribution in [2.45, 2.75) is 58.3 Å². The zero-order valence-corrected chi connectivity index (χ0v) is 16.6. The molecular weight excluding hydrogens is 356 g/mol. The Morgan fingerprint density at radius 3 is 2.11 bits per heavy atom. The van der Waals surface area contributed by atoms with E-state index >= 15 is 0 Å². The molecule has 28 heavy (non-hydrogen) atoms. The van der Waals surface area contributed by atoms with Crippen LogP contribution < -0.4 is 11.5 Å². The Kier molecular flexibility index (Phi) is 8.78. The molecule has 2 aromatic carbocycles. The van der Waals surface area contributed by atoms with Crippen molar-refractivity contribution in [1.29, 1.82) is 0 Å². The summed E-state index contributed by atoms with van der Waals surface area (Å²) in [6.45, 7) is 4.42. The maximum Gasteiger partial charge on any atom is 0.338 e. The Labute approximate surface area is 166 Å². The van der Waals surface area contributed by atoms with Crippen LogP contribution >= 0.6 is 0 Å². The molecule has 1 aliphatic rings. The molecular formula is C22H30N2O4. The van der Waals surface area contributed by atoms with Crippen molar-refractivity contribution in [2.75, 3.05) is 11.5 Å². The highest BCUT2D eigenvalue weighted by Crippen LogP contribution is 2.25. The van der Waals surface area contributed by atoms with Gasteiger partial charge in [-0.05, 0) is 49.4 Å². The Bertz CT molecular complexity index is 708. The van der Waals surface area contributed by atoms with Gasteiger partial charge >= 0.3 is 5.97 Å². The molecule has 0 bridgehead atoms. The monoisotopic (exact) mass is 386 g/mol. The van der Waals surface area contributed by atoms with Crippen molar-refractivity contribution in [3.05, 3.63) is 59.7 Å². The largest absolute Gasteiger partial charge is 0.459 e. The number of benzene rings is 2. The van der Waals surface area contributed by atoms with Gasteiger partial charge in [0.25, 0.3) is 0 Å². The standard InChI is InChI=1S/C20H24N2O4.C2H6/c21-16-10-15(11-17(22)12-16)20(23)25-18-6-8-19(9-7-18)26-24-13-14-4-2-1-3-5-14;1-2/h1-5,10-12,18-19H,6-9,13,21-22H2;1-2H3. The van der Waals surface area contributed by atoms with Gasteiger partial charge in [-0.1, -0.05) is 44.2 Å². The van der Waals surface area contributed by atoms with E-state index in [0.717, 1.165) is 31.2 Å². The molecule has 0 saturated heterocycles. The van der Waals surface area contributed by atoms with Gasteiger partial charge in [0.2, 0.25) is 0 Å². The molecule has 0 radical (unpaired) electrons. The lowest BCUT2D eigenvalue weighted by Gasteiger charge is -2.27. The molecule has 2 aromatic rings. The summed E-state index contributed by atoms with van der Waals surface area (Å²) >= 11 is 0. The Morgan fingerprint density at radius 1 is 0.929 bits per heavy atom. The first-order chi connectivity index (χ1) is 13.6. The number of nitrogens with two attached hydrogens (primary N) is 2. The minimum Gasteiger partial charge on any atom is -0.459 e. The smallest absolute Gasteiger partial charge is 0.338 e. The van der Waals surface area contributed by atoms with Gasteiger partial charge in [-0.15, -0.1) is 0 Å². The number of ether oxygens (including phenoxy) is 1. The van der Waals surface area contributed by atoms with E-state index in [9.17, 15) is 4.79 Å². The van der Waals surface area contributed by atoms with E-state index in [1.54, 1.807) is 18.2 Å². The van der Waals surface area contributed by atoms with Crippen molar-refractivity contribution >= 4 is 17.3 Å². The van der Waals surface area contributed by atoms with Crippen LogP contribution in [0.2, 0.25) is 0 Å². The average Bonchev–Trinajstić information content (AvgIpc) is 2.71. The maximum absolute atomic E-state index is 12.2. The number of nitrogen functional groups attached to an aromatic ring is 2. The van der Waals surface area contributed by atoms with E-state index in [2.05, 4.69) is 0 Å². The molecule has 0 aromatic heterocycles. The van der Waals surface area contributed by atoms with Gasteiger partial charge in [0.05, 0.1) is 11.7 Å². The van der Waals surface area contributed by atoms with Crippen LogP contribution in [0.5, 0.6) is 0 Å². The second-order valence-corrected chi connectivity index (χ2v) is 6.54. The fraction of sp³-hybridized carbons (Fsp3) is 0.409. The average molecular weight is 386 g/mol. The van der Waals surface area contributed by atoms with Gasteiger partial charge in [0.15, 0.2) is 0 Å². The molecule has 0 amide bonds. The number of carbonyl (C=O) groups is 1. The van der Waals surface area contributed by atoms with Crippen LogP contribution in [0, 0.1) is 0 Å². The van der Waals surface area contributed by atoms with Crippen molar-refractivity contribution < 1.29 is 19.3 Å². The van der Waals surface area contributed by atoms with Crippen molar-refractivity contribution in [3.63, 3.8) is 0 Å². The van der Waals surface area contributed by atoms with Crippen LogP contribution in [0.3, 0.4) is 0 Å². The molecule has 0 aliphatic heterocycles. The third-order valence-electron chi connectivity index (χ3n) is 4.38. The Balaban J connectivity index is 0.00000136. The first-order valence-electron chi connectivity index (χ1n) is 9.79. The molecule has 3 rings (SSSR count). The normalized spacial score (nSPS) is 18.6. The molecule has 0 heterocycles. The molecule has 1 aliphatic carbocycles. The highest BCUT2D eigenvalue weighted by atomic mass is 17.2. The lowest BCUT2D eigenvalue weighted by Crippen LogP contribution is -2.28. The highest BCUT2D eigenvalue weighted by Gasteiger charge is 2.25. The summed E-state index contributed by atoms with van der Waals surface area (Å²) in [7, 11) is 0. The van der Waals surface area contributed by atoms with Gasteiger partial charge in [0.1, 0.15) is 12.7 Å². The second-order valence-electron chi connectivity index (χ2n) is 6.54. The second kappa shape index (κ2) is 11.3. The van der Waals surface area contributed by atoms with E-state index in [1.807, 2.05) is 44.2 Å². The molecule has 1 fully saturated rings. The lowest BCUT2D eigenvalue weighted by atomic mass is 9.95. The van der Waals surface area contributed by atoms with Crippen molar-refractivity contribution in [1.82, 2.24) is 0 Å². The van der Waals surface area contributed by atoms with E-state index < -0.39 is 5.97 Å². The van der Waals surface area contributed by atoms with Gasteiger partial charge in [0, 0.05) is 11.4 Å². The molecule has 0 atom stereocenters. The van der Waals surface area contributed by atoms with E-state index in [-0.39, 0.29) is 12.2 Å². The van der Waals surface area contributed by atoms with Crippen LogP contribution in [-0.2, 0) is 21.1 Å². The summed E-state index contributed by atoms with van der Waals surface area (Å²) in [5.74, 6) is -0.395. The SMILES string of the molecule is CC.Nc1cc(N)cc(C(=O)OC2CCC(OOCc3ccccc3)CC2)c1. The van der Waals surface area contributed by atoms with Crippen LogP contribution in [-0.4, -0.2) is 18.2 Å². The third kappa shape index (κ3) is 6.87. The number of hydrogen-bond acceptors (Lipinski definition) is 6. The summed E-state index contributed by atoms with van der Waals surface area (Å²) in [4.78, 5) is 23.1. The van der Waals surface area contributed by atoms with Crippen molar-refractivity contribution in [2.24, 2.45) is 0 Å². The zero-order valence-electron chi connectivity index (χ0n) is 16.6. The van der Waals surface area contributed by atoms with Crippen LogP contribution in [0.4, 0.5) is 11.4 Å². The maximum atomic E-state index is 12.2. The minimum atomic E-state index is -0.395. The summed E-state index contributed by atoms with van der Waals surface area (Å²) in [5.41, 5.74) is 13.8. The minimum absolute atomic E-state index is 0.0247. The number of esters is 1. The summed E-state index contributed by atoms with van der Waals surface area (Å²) in [5, 5.41) is 0. The fourth-order valence-electron chi connectivity index (χ4n) is 3.03.